The van der Waals surface area contributed by atoms with Crippen LogP contribution < -0.4 is 4.74 Å². The zero-order chi connectivity index (χ0) is 24.4. The maximum atomic E-state index is 13.2. The van der Waals surface area contributed by atoms with E-state index in [2.05, 4.69) is 0 Å². The monoisotopic (exact) mass is 505 g/mol. The fourth-order valence-corrected chi connectivity index (χ4v) is 5.41. The molecule has 182 valence electrons. The van der Waals surface area contributed by atoms with Crippen molar-refractivity contribution in [3.8, 4) is 5.75 Å². The average Bonchev–Trinajstić information content (AvgIpc) is 2.86. The van der Waals surface area contributed by atoms with Crippen LogP contribution in [0.2, 0.25) is 0 Å². The molecule has 0 fully saturated rings. The minimum Gasteiger partial charge on any atom is -0.497 e. The summed E-state index contributed by atoms with van der Waals surface area (Å²) in [5, 5.41) is 0. The Kier molecular flexibility index (Phi) is 9.20. The summed E-state index contributed by atoms with van der Waals surface area (Å²) in [6.45, 7) is -0.0395. The van der Waals surface area contributed by atoms with Crippen LogP contribution in [-0.2, 0) is 35.7 Å². The minimum absolute atomic E-state index is 0.00533. The third-order valence-electron chi connectivity index (χ3n) is 4.90. The first-order valence-electron chi connectivity index (χ1n) is 10.5. The van der Waals surface area contributed by atoms with E-state index >= 15 is 0 Å². The van der Waals surface area contributed by atoms with Gasteiger partial charge in [-0.25, -0.2) is 8.42 Å². The van der Waals surface area contributed by atoms with Gasteiger partial charge < -0.3 is 9.47 Å². The quantitative estimate of drug-likeness (QED) is 0.260. The van der Waals surface area contributed by atoms with Gasteiger partial charge in [-0.2, -0.15) is 12.7 Å². The van der Waals surface area contributed by atoms with Gasteiger partial charge >= 0.3 is 0 Å². The molecule has 0 aromatic heterocycles. The summed E-state index contributed by atoms with van der Waals surface area (Å²) in [4.78, 5) is 0.0630. The molecule has 0 aliphatic heterocycles. The summed E-state index contributed by atoms with van der Waals surface area (Å²) in [7, 11) is -6.45. The molecule has 0 saturated carbocycles. The fourth-order valence-electron chi connectivity index (χ4n) is 3.08. The zero-order valence-electron chi connectivity index (χ0n) is 18.7. The standard InChI is InChI=1S/C24H27NO7S2/c1-30-22-12-14-23(15-13-22)33(26,27)25(16-18-31-20-21-8-4-2-5-9-21)17-19-32-34(28,29)24-10-6-3-7-11-24/h2-15H,16-20H2,1H3. The van der Waals surface area contributed by atoms with Gasteiger partial charge in [0.15, 0.2) is 0 Å². The molecule has 0 bridgehead atoms. The van der Waals surface area contributed by atoms with E-state index < -0.39 is 20.1 Å². The van der Waals surface area contributed by atoms with Crippen LogP contribution >= 0.6 is 0 Å². The summed E-state index contributed by atoms with van der Waals surface area (Å²) in [5.74, 6) is 0.522. The van der Waals surface area contributed by atoms with Crippen LogP contribution in [0.1, 0.15) is 5.56 Å². The molecular formula is C24H27NO7S2. The van der Waals surface area contributed by atoms with Crippen LogP contribution in [0.25, 0.3) is 0 Å². The second kappa shape index (κ2) is 12.1. The summed E-state index contributed by atoms with van der Waals surface area (Å²) < 4.78 is 68.3. The van der Waals surface area contributed by atoms with Crippen molar-refractivity contribution in [3.05, 3.63) is 90.5 Å². The van der Waals surface area contributed by atoms with Crippen molar-refractivity contribution in [2.45, 2.75) is 16.4 Å². The van der Waals surface area contributed by atoms with Gasteiger partial charge in [-0.3, -0.25) is 4.18 Å². The second-order valence-corrected chi connectivity index (χ2v) is 10.8. The number of sulfonamides is 1. The Bertz CT molecular complexity index is 1230. The van der Waals surface area contributed by atoms with Crippen LogP contribution in [0.4, 0.5) is 0 Å². The third-order valence-corrected chi connectivity index (χ3v) is 8.14. The maximum Gasteiger partial charge on any atom is 0.297 e. The fraction of sp³-hybridized carbons (Fsp3) is 0.250. The van der Waals surface area contributed by atoms with Crippen molar-refractivity contribution in [1.82, 2.24) is 4.31 Å². The van der Waals surface area contributed by atoms with Crippen molar-refractivity contribution >= 4 is 20.1 Å². The predicted octanol–water partition coefficient (Wildman–Crippen LogP) is 3.31. The lowest BCUT2D eigenvalue weighted by Gasteiger charge is -2.22. The Morgan fingerprint density at radius 3 is 1.91 bits per heavy atom. The highest BCUT2D eigenvalue weighted by Crippen LogP contribution is 2.20. The molecule has 0 aliphatic rings. The molecule has 3 aromatic carbocycles. The van der Waals surface area contributed by atoms with Crippen LogP contribution in [0.15, 0.2) is 94.7 Å². The molecule has 10 heteroatoms. The highest BCUT2D eigenvalue weighted by molar-refractivity contribution is 7.89. The summed E-state index contributed by atoms with van der Waals surface area (Å²) in [5.41, 5.74) is 0.962. The molecule has 0 radical (unpaired) electrons. The van der Waals surface area contributed by atoms with Crippen molar-refractivity contribution in [1.29, 1.82) is 0 Å². The molecule has 0 atom stereocenters. The number of rotatable bonds is 13. The molecule has 8 nitrogen and oxygen atoms in total. The second-order valence-electron chi connectivity index (χ2n) is 7.21. The van der Waals surface area contributed by atoms with E-state index in [1.807, 2.05) is 30.3 Å². The first kappa shape index (κ1) is 25.9. The topological polar surface area (TPSA) is 99.2 Å². The number of nitrogens with zero attached hydrogens (tertiary/aromatic N) is 1. The van der Waals surface area contributed by atoms with Crippen molar-refractivity contribution < 1.29 is 30.5 Å². The van der Waals surface area contributed by atoms with E-state index in [9.17, 15) is 16.8 Å². The number of benzene rings is 3. The van der Waals surface area contributed by atoms with E-state index in [1.54, 1.807) is 30.3 Å². The van der Waals surface area contributed by atoms with Crippen molar-refractivity contribution in [3.63, 3.8) is 0 Å². The smallest absolute Gasteiger partial charge is 0.297 e. The molecule has 0 unspecified atom stereocenters. The Morgan fingerprint density at radius 1 is 0.706 bits per heavy atom. The molecule has 3 aromatic rings. The third kappa shape index (κ3) is 7.12. The van der Waals surface area contributed by atoms with Gasteiger partial charge in [-0.1, -0.05) is 48.5 Å². The van der Waals surface area contributed by atoms with E-state index in [0.29, 0.717) is 12.4 Å². The van der Waals surface area contributed by atoms with Gasteiger partial charge in [0.2, 0.25) is 10.0 Å². The molecule has 0 spiro atoms. The lowest BCUT2D eigenvalue weighted by molar-refractivity contribution is 0.108. The van der Waals surface area contributed by atoms with Gasteiger partial charge in [0, 0.05) is 13.1 Å². The Balaban J connectivity index is 1.68. The van der Waals surface area contributed by atoms with Crippen LogP contribution in [0.5, 0.6) is 5.75 Å². The van der Waals surface area contributed by atoms with Gasteiger partial charge in [0.25, 0.3) is 10.1 Å². The number of methoxy groups -OCH3 is 1. The average molecular weight is 506 g/mol. The zero-order valence-corrected chi connectivity index (χ0v) is 20.4. The van der Waals surface area contributed by atoms with Gasteiger partial charge in [0.1, 0.15) is 5.75 Å². The first-order valence-corrected chi connectivity index (χ1v) is 13.4. The molecule has 0 aliphatic carbocycles. The van der Waals surface area contributed by atoms with Crippen LogP contribution in [-0.4, -0.2) is 54.6 Å². The predicted molar refractivity (Wildman–Crippen MR) is 127 cm³/mol. The number of hydrogen-bond acceptors (Lipinski definition) is 7. The van der Waals surface area contributed by atoms with E-state index in [1.165, 1.54) is 31.4 Å². The lowest BCUT2D eigenvalue weighted by atomic mass is 10.2. The maximum absolute atomic E-state index is 13.2. The number of ether oxygens (including phenoxy) is 2. The molecule has 0 N–H and O–H groups in total. The Morgan fingerprint density at radius 2 is 1.29 bits per heavy atom. The molecule has 0 heterocycles. The highest BCUT2D eigenvalue weighted by atomic mass is 32.2. The first-order chi connectivity index (χ1) is 16.3. The Labute approximate surface area is 200 Å². The van der Waals surface area contributed by atoms with Crippen molar-refractivity contribution in [2.75, 3.05) is 33.4 Å². The van der Waals surface area contributed by atoms with E-state index in [4.69, 9.17) is 13.7 Å². The molecule has 0 saturated heterocycles. The van der Waals surface area contributed by atoms with Crippen LogP contribution in [0, 0.1) is 0 Å². The molecule has 0 amide bonds. The number of hydrogen-bond donors (Lipinski definition) is 0. The van der Waals surface area contributed by atoms with Gasteiger partial charge in [0.05, 0.1) is 36.7 Å². The van der Waals surface area contributed by atoms with Gasteiger partial charge in [-0.15, -0.1) is 0 Å². The molecule has 3 rings (SSSR count). The minimum atomic E-state index is -4.01. The summed E-state index contributed by atoms with van der Waals surface area (Å²) in [6.07, 6.45) is 0. The lowest BCUT2D eigenvalue weighted by Crippen LogP contribution is -2.37. The summed E-state index contributed by atoms with van der Waals surface area (Å²) >= 11 is 0. The van der Waals surface area contributed by atoms with E-state index in [-0.39, 0.29) is 36.1 Å². The van der Waals surface area contributed by atoms with Crippen molar-refractivity contribution in [2.24, 2.45) is 0 Å². The Hall–Kier alpha value is -2.76. The normalized spacial score (nSPS) is 12.1. The highest BCUT2D eigenvalue weighted by Gasteiger charge is 2.25. The molecular weight excluding hydrogens is 478 g/mol. The van der Waals surface area contributed by atoms with E-state index in [0.717, 1.165) is 9.87 Å². The largest absolute Gasteiger partial charge is 0.497 e. The van der Waals surface area contributed by atoms with Crippen LogP contribution in [0.3, 0.4) is 0 Å². The van der Waals surface area contributed by atoms with Gasteiger partial charge in [-0.05, 0) is 42.0 Å². The SMILES string of the molecule is COc1ccc(S(=O)(=O)N(CCOCc2ccccc2)CCOS(=O)(=O)c2ccccc2)cc1. The summed E-state index contributed by atoms with van der Waals surface area (Å²) in [6, 6.07) is 23.2. The molecule has 34 heavy (non-hydrogen) atoms.